The molecular weight excluding hydrogens is 416 g/mol. The summed E-state index contributed by atoms with van der Waals surface area (Å²) in [5, 5.41) is 12.6. The molecule has 0 saturated carbocycles. The number of amides is 1. The Morgan fingerprint density at radius 1 is 0.875 bits per heavy atom. The summed E-state index contributed by atoms with van der Waals surface area (Å²) >= 11 is 1.39. The van der Waals surface area contributed by atoms with Crippen LogP contribution < -0.4 is 5.32 Å². The lowest BCUT2D eigenvalue weighted by molar-refractivity contribution is -0.113. The van der Waals surface area contributed by atoms with E-state index in [1.165, 1.54) is 28.5 Å². The number of hydrogen-bond acceptors (Lipinski definition) is 4. The van der Waals surface area contributed by atoms with Crippen molar-refractivity contribution in [2.75, 3.05) is 11.1 Å². The lowest BCUT2D eigenvalue weighted by Gasteiger charge is -2.12. The van der Waals surface area contributed by atoms with Gasteiger partial charge < -0.3 is 5.32 Å². The summed E-state index contributed by atoms with van der Waals surface area (Å²) in [5.74, 6) is 1.03. The van der Waals surface area contributed by atoms with Gasteiger partial charge in [0.2, 0.25) is 5.91 Å². The minimum Gasteiger partial charge on any atom is -0.325 e. The summed E-state index contributed by atoms with van der Waals surface area (Å²) < 4.78 is 2.06. The molecule has 6 heteroatoms. The van der Waals surface area contributed by atoms with Crippen LogP contribution in [-0.2, 0) is 11.2 Å². The summed E-state index contributed by atoms with van der Waals surface area (Å²) in [4.78, 5) is 12.6. The molecule has 0 bridgehead atoms. The normalized spacial score (nSPS) is 10.8. The Hall–Kier alpha value is -3.38. The Kier molecular flexibility index (Phi) is 6.71. The summed E-state index contributed by atoms with van der Waals surface area (Å²) in [6, 6.07) is 24.3. The minimum absolute atomic E-state index is 0.0662. The van der Waals surface area contributed by atoms with Crippen molar-refractivity contribution in [3.05, 3.63) is 101 Å². The van der Waals surface area contributed by atoms with Crippen molar-refractivity contribution in [3.8, 4) is 5.69 Å². The topological polar surface area (TPSA) is 59.8 Å². The molecule has 0 radical (unpaired) electrons. The van der Waals surface area contributed by atoms with E-state index in [2.05, 4.69) is 64.3 Å². The molecule has 162 valence electrons. The van der Waals surface area contributed by atoms with Crippen LogP contribution in [0.3, 0.4) is 0 Å². The van der Waals surface area contributed by atoms with Crippen molar-refractivity contribution >= 4 is 23.4 Å². The second kappa shape index (κ2) is 9.83. The van der Waals surface area contributed by atoms with Gasteiger partial charge in [0.15, 0.2) is 5.16 Å². The van der Waals surface area contributed by atoms with Gasteiger partial charge in [-0.25, -0.2) is 0 Å². The molecule has 0 saturated heterocycles. The van der Waals surface area contributed by atoms with Gasteiger partial charge in [0.1, 0.15) is 5.82 Å². The lowest BCUT2D eigenvalue weighted by atomic mass is 10.1. The highest BCUT2D eigenvalue weighted by Crippen LogP contribution is 2.25. The van der Waals surface area contributed by atoms with Gasteiger partial charge in [-0.15, -0.1) is 10.2 Å². The number of carbonyl (C=O) groups excluding carboxylic acids is 1. The molecule has 0 fully saturated rings. The van der Waals surface area contributed by atoms with E-state index < -0.39 is 0 Å². The summed E-state index contributed by atoms with van der Waals surface area (Å²) in [6.07, 6.45) is 0.663. The molecule has 0 atom stereocenters. The number of nitrogens with one attached hydrogen (secondary N) is 1. The van der Waals surface area contributed by atoms with Crippen LogP contribution in [0.25, 0.3) is 5.69 Å². The molecule has 0 aliphatic rings. The average molecular weight is 443 g/mol. The van der Waals surface area contributed by atoms with Crippen molar-refractivity contribution in [2.24, 2.45) is 0 Å². The monoisotopic (exact) mass is 442 g/mol. The summed E-state index contributed by atoms with van der Waals surface area (Å²) in [7, 11) is 0. The number of rotatable bonds is 7. The van der Waals surface area contributed by atoms with Crippen molar-refractivity contribution in [1.29, 1.82) is 0 Å². The molecule has 32 heavy (non-hydrogen) atoms. The number of anilines is 1. The maximum Gasteiger partial charge on any atom is 0.234 e. The van der Waals surface area contributed by atoms with Gasteiger partial charge in [0.05, 0.1) is 5.75 Å². The summed E-state index contributed by atoms with van der Waals surface area (Å²) in [6.45, 7) is 6.18. The van der Waals surface area contributed by atoms with Crippen LogP contribution in [0.1, 0.15) is 28.1 Å². The van der Waals surface area contributed by atoms with Crippen LogP contribution in [0.15, 0.2) is 78.0 Å². The van der Waals surface area contributed by atoms with Crippen LogP contribution >= 0.6 is 11.8 Å². The Morgan fingerprint density at radius 3 is 2.38 bits per heavy atom. The van der Waals surface area contributed by atoms with Crippen molar-refractivity contribution in [2.45, 2.75) is 32.3 Å². The Morgan fingerprint density at radius 2 is 1.62 bits per heavy atom. The minimum atomic E-state index is -0.0662. The van der Waals surface area contributed by atoms with Gasteiger partial charge in [-0.05, 0) is 61.2 Å². The fourth-order valence-electron chi connectivity index (χ4n) is 3.44. The smallest absolute Gasteiger partial charge is 0.234 e. The Balaban J connectivity index is 1.59. The molecule has 0 aliphatic heterocycles. The predicted molar refractivity (Wildman–Crippen MR) is 131 cm³/mol. The van der Waals surface area contributed by atoms with E-state index in [0.717, 1.165) is 22.8 Å². The van der Waals surface area contributed by atoms with Crippen LogP contribution in [0, 0.1) is 20.8 Å². The highest BCUT2D eigenvalue weighted by molar-refractivity contribution is 7.99. The van der Waals surface area contributed by atoms with Crippen LogP contribution in [0.2, 0.25) is 0 Å². The van der Waals surface area contributed by atoms with Gasteiger partial charge in [-0.2, -0.15) is 0 Å². The molecule has 4 aromatic rings. The zero-order valence-electron chi connectivity index (χ0n) is 18.5. The van der Waals surface area contributed by atoms with Crippen LogP contribution in [-0.4, -0.2) is 26.4 Å². The predicted octanol–water partition coefficient (Wildman–Crippen LogP) is 5.51. The number of nitrogens with zero attached hydrogens (tertiary/aromatic N) is 3. The van der Waals surface area contributed by atoms with E-state index in [4.69, 9.17) is 0 Å². The number of aryl methyl sites for hydroxylation is 3. The largest absolute Gasteiger partial charge is 0.325 e. The first kappa shape index (κ1) is 21.8. The molecule has 0 spiro atoms. The van der Waals surface area contributed by atoms with Gasteiger partial charge in [-0.3, -0.25) is 9.36 Å². The third-order valence-corrected chi connectivity index (χ3v) is 6.33. The quantitative estimate of drug-likeness (QED) is 0.383. The van der Waals surface area contributed by atoms with E-state index in [0.29, 0.717) is 11.6 Å². The third-order valence-electron chi connectivity index (χ3n) is 5.41. The van der Waals surface area contributed by atoms with Crippen molar-refractivity contribution in [1.82, 2.24) is 14.8 Å². The average Bonchev–Trinajstić information content (AvgIpc) is 3.19. The van der Waals surface area contributed by atoms with E-state index in [1.807, 2.05) is 49.4 Å². The van der Waals surface area contributed by atoms with Crippen molar-refractivity contribution < 1.29 is 4.79 Å². The first-order chi connectivity index (χ1) is 15.5. The number of thioether (sulfide) groups is 1. The SMILES string of the molecule is Cc1ccc(-n2c(Cc3ccccc3)nnc2SCC(=O)Nc2ccccc2C)cc1C. The Bertz CT molecular complexity index is 1230. The number of para-hydroxylation sites is 1. The zero-order chi connectivity index (χ0) is 22.5. The molecule has 1 amide bonds. The first-order valence-electron chi connectivity index (χ1n) is 10.6. The standard InChI is InChI=1S/C26H26N4OS/c1-18-13-14-22(15-20(18)3)30-24(16-21-10-5-4-6-11-21)28-29-26(30)32-17-25(31)27-23-12-8-7-9-19(23)2/h4-15H,16-17H2,1-3H3,(H,27,31). The molecule has 0 aliphatic carbocycles. The van der Waals surface area contributed by atoms with Gasteiger partial charge in [-0.1, -0.05) is 66.4 Å². The van der Waals surface area contributed by atoms with Crippen molar-refractivity contribution in [3.63, 3.8) is 0 Å². The molecule has 1 aromatic heterocycles. The molecule has 3 aromatic carbocycles. The molecule has 4 rings (SSSR count). The van der Waals surface area contributed by atoms with Gasteiger partial charge in [0.25, 0.3) is 0 Å². The molecule has 0 unspecified atom stereocenters. The molecule has 5 nitrogen and oxygen atoms in total. The first-order valence-corrected chi connectivity index (χ1v) is 11.5. The molecule has 1 heterocycles. The lowest BCUT2D eigenvalue weighted by Crippen LogP contribution is -2.15. The highest BCUT2D eigenvalue weighted by atomic mass is 32.2. The fraction of sp³-hybridized carbons (Fsp3) is 0.192. The Labute approximate surface area is 192 Å². The fourth-order valence-corrected chi connectivity index (χ4v) is 4.21. The third kappa shape index (κ3) is 5.08. The zero-order valence-corrected chi connectivity index (χ0v) is 19.3. The van der Waals surface area contributed by atoms with E-state index in [9.17, 15) is 4.79 Å². The second-order valence-electron chi connectivity index (χ2n) is 7.82. The number of aromatic nitrogens is 3. The van der Waals surface area contributed by atoms with E-state index in [-0.39, 0.29) is 11.7 Å². The van der Waals surface area contributed by atoms with Gasteiger partial charge >= 0.3 is 0 Å². The number of hydrogen-bond donors (Lipinski definition) is 1. The van der Waals surface area contributed by atoms with Crippen LogP contribution in [0.4, 0.5) is 5.69 Å². The van der Waals surface area contributed by atoms with E-state index in [1.54, 1.807) is 0 Å². The number of benzene rings is 3. The molecular formula is C26H26N4OS. The maximum atomic E-state index is 12.6. The molecule has 1 N–H and O–H groups in total. The number of carbonyl (C=O) groups is 1. The van der Waals surface area contributed by atoms with Crippen LogP contribution in [0.5, 0.6) is 0 Å². The van der Waals surface area contributed by atoms with E-state index >= 15 is 0 Å². The maximum absolute atomic E-state index is 12.6. The van der Waals surface area contributed by atoms with Gasteiger partial charge in [0, 0.05) is 17.8 Å². The second-order valence-corrected chi connectivity index (χ2v) is 8.76. The summed E-state index contributed by atoms with van der Waals surface area (Å²) in [5.41, 5.74) is 6.48. The highest BCUT2D eigenvalue weighted by Gasteiger charge is 2.17.